The Hall–Kier alpha value is -2.99. The number of rotatable bonds is 5. The second kappa shape index (κ2) is 8.14. The van der Waals surface area contributed by atoms with Crippen molar-refractivity contribution in [3.63, 3.8) is 0 Å². The van der Waals surface area contributed by atoms with Gasteiger partial charge in [-0.1, -0.05) is 43.3 Å². The third kappa shape index (κ3) is 4.06. The lowest BCUT2D eigenvalue weighted by atomic mass is 10.1. The molecule has 3 rings (SSSR count). The van der Waals surface area contributed by atoms with Gasteiger partial charge in [0.25, 0.3) is 11.8 Å². The number of carbonyl (C=O) groups is 2. The maximum atomic E-state index is 12.8. The lowest BCUT2D eigenvalue weighted by Gasteiger charge is -2.09. The van der Waals surface area contributed by atoms with Gasteiger partial charge in [0.1, 0.15) is 9.88 Å². The molecule has 5 nitrogen and oxygen atoms in total. The molecule has 138 valence electrons. The molecule has 0 aliphatic rings. The molecule has 1 heterocycles. The van der Waals surface area contributed by atoms with Crippen LogP contribution in [0.5, 0.6) is 0 Å². The van der Waals surface area contributed by atoms with Crippen molar-refractivity contribution >= 4 is 28.8 Å². The van der Waals surface area contributed by atoms with E-state index in [0.717, 1.165) is 17.0 Å². The Kier molecular flexibility index (Phi) is 5.66. The quantitative estimate of drug-likeness (QED) is 0.695. The highest BCUT2D eigenvalue weighted by Crippen LogP contribution is 2.29. The lowest BCUT2D eigenvalue weighted by Crippen LogP contribution is -2.21. The number of hydrogen-bond donors (Lipinski definition) is 2. The number of anilines is 1. The molecule has 0 aliphatic carbocycles. The number of thiazole rings is 1. The molecule has 2 amide bonds. The fourth-order valence-electron chi connectivity index (χ4n) is 2.72. The van der Waals surface area contributed by atoms with Gasteiger partial charge in [-0.3, -0.25) is 9.59 Å². The molecule has 0 spiro atoms. The normalized spacial score (nSPS) is 10.5. The van der Waals surface area contributed by atoms with E-state index in [-0.39, 0.29) is 11.8 Å². The highest BCUT2D eigenvalue weighted by Gasteiger charge is 2.18. The molecule has 0 aliphatic heterocycles. The third-order valence-corrected chi connectivity index (χ3v) is 5.46. The first-order chi connectivity index (χ1) is 13.0. The van der Waals surface area contributed by atoms with Gasteiger partial charge in [0.05, 0.1) is 16.9 Å². The van der Waals surface area contributed by atoms with Gasteiger partial charge in [0.2, 0.25) is 0 Å². The average Bonchev–Trinajstić information content (AvgIpc) is 3.09. The number of nitrogens with one attached hydrogen (secondary N) is 2. The summed E-state index contributed by atoms with van der Waals surface area (Å²) in [5.74, 6) is -0.513. The standard InChI is InChI=1S/C21H21N3O2S/c1-4-14-9-11-15(12-10-14)21-23-13(2)18(27-21)20(26)24-17-8-6-5-7-16(17)19(25)22-3/h5-12H,4H2,1-3H3,(H,22,25)(H,24,26). The van der Waals surface area contributed by atoms with Crippen molar-refractivity contribution in [3.8, 4) is 10.6 Å². The van der Waals surface area contributed by atoms with E-state index in [2.05, 4.69) is 34.7 Å². The fraction of sp³-hybridized carbons (Fsp3) is 0.190. The molecular formula is C21H21N3O2S. The van der Waals surface area contributed by atoms with Crippen LogP contribution >= 0.6 is 11.3 Å². The van der Waals surface area contributed by atoms with Gasteiger partial charge >= 0.3 is 0 Å². The topological polar surface area (TPSA) is 71.1 Å². The molecule has 0 atom stereocenters. The summed E-state index contributed by atoms with van der Waals surface area (Å²) in [4.78, 5) is 29.8. The molecule has 0 saturated heterocycles. The van der Waals surface area contributed by atoms with E-state index in [1.807, 2.05) is 19.1 Å². The summed E-state index contributed by atoms with van der Waals surface area (Å²) in [5.41, 5.74) is 3.82. The Balaban J connectivity index is 1.86. The van der Waals surface area contributed by atoms with Crippen molar-refractivity contribution in [2.45, 2.75) is 20.3 Å². The van der Waals surface area contributed by atoms with Crippen molar-refractivity contribution in [2.24, 2.45) is 0 Å². The second-order valence-corrected chi connectivity index (χ2v) is 7.06. The zero-order valence-electron chi connectivity index (χ0n) is 15.5. The average molecular weight is 379 g/mol. The molecule has 0 unspecified atom stereocenters. The van der Waals surface area contributed by atoms with Crippen molar-refractivity contribution < 1.29 is 9.59 Å². The molecule has 1 aromatic heterocycles. The van der Waals surface area contributed by atoms with Crippen molar-refractivity contribution in [1.29, 1.82) is 0 Å². The number of aromatic nitrogens is 1. The summed E-state index contributed by atoms with van der Waals surface area (Å²) >= 11 is 1.35. The van der Waals surface area contributed by atoms with Gasteiger partial charge < -0.3 is 10.6 Å². The second-order valence-electron chi connectivity index (χ2n) is 6.06. The maximum absolute atomic E-state index is 12.8. The summed E-state index contributed by atoms with van der Waals surface area (Å²) < 4.78 is 0. The molecule has 27 heavy (non-hydrogen) atoms. The van der Waals surface area contributed by atoms with E-state index in [1.54, 1.807) is 31.3 Å². The SMILES string of the molecule is CCc1ccc(-c2nc(C)c(C(=O)Nc3ccccc3C(=O)NC)s2)cc1. The van der Waals surface area contributed by atoms with Crippen LogP contribution < -0.4 is 10.6 Å². The van der Waals surface area contributed by atoms with E-state index < -0.39 is 0 Å². The Morgan fingerprint density at radius 2 is 1.74 bits per heavy atom. The van der Waals surface area contributed by atoms with Crippen LogP contribution in [-0.4, -0.2) is 23.8 Å². The molecule has 0 saturated carbocycles. The maximum Gasteiger partial charge on any atom is 0.267 e. The van der Waals surface area contributed by atoms with E-state index in [9.17, 15) is 9.59 Å². The molecule has 2 aromatic carbocycles. The minimum atomic E-state index is -0.266. The third-order valence-electron chi connectivity index (χ3n) is 4.26. The van der Waals surface area contributed by atoms with Crippen LogP contribution in [-0.2, 0) is 6.42 Å². The fourth-order valence-corrected chi connectivity index (χ4v) is 3.68. The monoisotopic (exact) mass is 379 g/mol. The Morgan fingerprint density at radius 3 is 2.41 bits per heavy atom. The van der Waals surface area contributed by atoms with Crippen LogP contribution in [0.15, 0.2) is 48.5 Å². The lowest BCUT2D eigenvalue weighted by molar-refractivity contribution is 0.0964. The minimum Gasteiger partial charge on any atom is -0.355 e. The van der Waals surface area contributed by atoms with Crippen LogP contribution in [0, 0.1) is 6.92 Å². The first kappa shape index (κ1) is 18.8. The zero-order valence-corrected chi connectivity index (χ0v) is 16.3. The van der Waals surface area contributed by atoms with Gasteiger partial charge in [-0.2, -0.15) is 0 Å². The van der Waals surface area contributed by atoms with Crippen molar-refractivity contribution in [2.75, 3.05) is 12.4 Å². The number of hydrogen-bond acceptors (Lipinski definition) is 4. The summed E-state index contributed by atoms with van der Waals surface area (Å²) in [5, 5.41) is 6.22. The molecular weight excluding hydrogens is 358 g/mol. The van der Waals surface area contributed by atoms with Crippen molar-refractivity contribution in [1.82, 2.24) is 10.3 Å². The Bertz CT molecular complexity index is 977. The van der Waals surface area contributed by atoms with Crippen LogP contribution in [0.1, 0.15) is 38.2 Å². The van der Waals surface area contributed by atoms with Gasteiger partial charge in [0, 0.05) is 12.6 Å². The van der Waals surface area contributed by atoms with Gasteiger partial charge in [-0.15, -0.1) is 11.3 Å². The van der Waals surface area contributed by atoms with E-state index in [0.29, 0.717) is 21.8 Å². The highest BCUT2D eigenvalue weighted by atomic mass is 32.1. The summed E-state index contributed by atoms with van der Waals surface area (Å²) in [6.45, 7) is 3.93. The van der Waals surface area contributed by atoms with E-state index >= 15 is 0 Å². The summed E-state index contributed by atoms with van der Waals surface area (Å²) in [6, 6.07) is 15.1. The van der Waals surface area contributed by atoms with Gasteiger partial charge in [0.15, 0.2) is 0 Å². The van der Waals surface area contributed by atoms with Crippen LogP contribution in [0.4, 0.5) is 5.69 Å². The summed E-state index contributed by atoms with van der Waals surface area (Å²) in [6.07, 6.45) is 0.982. The predicted molar refractivity (Wildman–Crippen MR) is 109 cm³/mol. The van der Waals surface area contributed by atoms with Gasteiger partial charge in [-0.25, -0.2) is 4.98 Å². The predicted octanol–water partition coefficient (Wildman–Crippen LogP) is 4.29. The molecule has 0 fully saturated rings. The first-order valence-electron chi connectivity index (χ1n) is 8.72. The van der Waals surface area contributed by atoms with Crippen LogP contribution in [0.3, 0.4) is 0 Å². The minimum absolute atomic E-state index is 0.247. The van der Waals surface area contributed by atoms with E-state index in [1.165, 1.54) is 16.9 Å². The molecule has 0 radical (unpaired) electrons. The number of para-hydroxylation sites is 1. The highest BCUT2D eigenvalue weighted by molar-refractivity contribution is 7.17. The molecule has 0 bridgehead atoms. The van der Waals surface area contributed by atoms with Crippen molar-refractivity contribution in [3.05, 3.63) is 70.2 Å². The van der Waals surface area contributed by atoms with Crippen LogP contribution in [0.25, 0.3) is 10.6 Å². The van der Waals surface area contributed by atoms with Crippen LogP contribution in [0.2, 0.25) is 0 Å². The Labute approximate surface area is 162 Å². The van der Waals surface area contributed by atoms with E-state index in [4.69, 9.17) is 0 Å². The zero-order chi connectivity index (χ0) is 19.4. The Morgan fingerprint density at radius 1 is 1.04 bits per heavy atom. The molecule has 2 N–H and O–H groups in total. The summed E-state index contributed by atoms with van der Waals surface area (Å²) in [7, 11) is 1.56. The number of benzene rings is 2. The first-order valence-corrected chi connectivity index (χ1v) is 9.54. The largest absolute Gasteiger partial charge is 0.355 e. The number of carbonyl (C=O) groups excluding carboxylic acids is 2. The van der Waals surface area contributed by atoms with Gasteiger partial charge in [-0.05, 0) is 31.0 Å². The number of aryl methyl sites for hydroxylation is 2. The smallest absolute Gasteiger partial charge is 0.267 e. The molecule has 3 aromatic rings. The molecule has 6 heteroatoms. The number of amides is 2. The number of nitrogens with zero attached hydrogens (tertiary/aromatic N) is 1.